The van der Waals surface area contributed by atoms with Gasteiger partial charge in [-0.25, -0.2) is 4.79 Å². The second-order valence-corrected chi connectivity index (χ2v) is 10.8. The van der Waals surface area contributed by atoms with E-state index in [0.29, 0.717) is 13.0 Å². The lowest BCUT2D eigenvalue weighted by molar-refractivity contribution is -0.870. The van der Waals surface area contributed by atoms with Crippen LogP contribution in [0.2, 0.25) is 0 Å². The molecule has 7 nitrogen and oxygen atoms in total. The number of ether oxygens (including phenoxy) is 2. The van der Waals surface area contributed by atoms with Crippen molar-refractivity contribution in [2.45, 2.75) is 37.4 Å². The van der Waals surface area contributed by atoms with Crippen molar-refractivity contribution in [2.24, 2.45) is 0 Å². The van der Waals surface area contributed by atoms with Crippen molar-refractivity contribution in [1.82, 2.24) is 0 Å². The number of aromatic hydroxyl groups is 2. The quantitative estimate of drug-likeness (QED) is 0.189. The Hall–Kier alpha value is -1.58. The number of rotatable bonds is 9. The smallest absolute Gasteiger partial charge is 0.337 e. The van der Waals surface area contributed by atoms with Crippen LogP contribution in [0.3, 0.4) is 0 Å². The predicted molar refractivity (Wildman–Crippen MR) is 122 cm³/mol. The van der Waals surface area contributed by atoms with Crippen LogP contribution < -0.4 is 0 Å². The van der Waals surface area contributed by atoms with Gasteiger partial charge in [0.25, 0.3) is 0 Å². The first kappa shape index (κ1) is 26.5. The highest BCUT2D eigenvalue weighted by molar-refractivity contribution is 8.77. The second kappa shape index (κ2) is 13.7. The van der Waals surface area contributed by atoms with Crippen LogP contribution in [-0.2, 0) is 14.3 Å². The Bertz CT molecular complexity index is 672. The van der Waals surface area contributed by atoms with Gasteiger partial charge in [-0.3, -0.25) is 4.79 Å². The van der Waals surface area contributed by atoms with Gasteiger partial charge in [0.2, 0.25) is 0 Å². The minimum absolute atomic E-state index is 0.0306. The van der Waals surface area contributed by atoms with Crippen molar-refractivity contribution >= 4 is 33.5 Å². The minimum atomic E-state index is -0.551. The molecule has 0 amide bonds. The number of phenols is 2. The summed E-state index contributed by atoms with van der Waals surface area (Å²) in [7, 11) is 11.5. The maximum atomic E-state index is 11.5. The van der Waals surface area contributed by atoms with Gasteiger partial charge in [-0.05, 0) is 37.5 Å². The summed E-state index contributed by atoms with van der Waals surface area (Å²) in [5.74, 6) is 0.116. The topological polar surface area (TPSA) is 93.1 Å². The first-order valence-corrected chi connectivity index (χ1v) is 12.3. The van der Waals surface area contributed by atoms with E-state index in [4.69, 9.17) is 14.9 Å². The van der Waals surface area contributed by atoms with E-state index in [-0.39, 0.29) is 23.0 Å². The van der Waals surface area contributed by atoms with Gasteiger partial charge in [0.05, 0.1) is 33.8 Å². The standard InChI is InChI=1S/C13H26NO2S2.C8H8O4/c1-14(2,3)9-10-16-13(15)7-5-4-6-12-8-11-17-18-12;1-12-8(11)5-2-3-6(9)7(10)4-5/h12H,4-11H2,1-3H3;2-4,9-10H,1H3/q+1;. The Morgan fingerprint density at radius 3 is 2.47 bits per heavy atom. The van der Waals surface area contributed by atoms with Crippen LogP contribution >= 0.6 is 21.6 Å². The molecule has 0 aliphatic carbocycles. The number of esters is 2. The monoisotopic (exact) mass is 460 g/mol. The number of nitrogens with zero attached hydrogens (tertiary/aromatic N) is 1. The van der Waals surface area contributed by atoms with E-state index in [1.165, 1.54) is 37.8 Å². The molecular weight excluding hydrogens is 426 g/mol. The minimum Gasteiger partial charge on any atom is -0.504 e. The van der Waals surface area contributed by atoms with E-state index in [1.807, 2.05) is 21.6 Å². The van der Waals surface area contributed by atoms with Crippen LogP contribution in [0.25, 0.3) is 0 Å². The van der Waals surface area contributed by atoms with Crippen molar-refractivity contribution in [2.75, 3.05) is 47.2 Å². The lowest BCUT2D eigenvalue weighted by atomic mass is 10.1. The van der Waals surface area contributed by atoms with E-state index in [2.05, 4.69) is 25.9 Å². The molecule has 0 aromatic heterocycles. The highest BCUT2D eigenvalue weighted by Crippen LogP contribution is 2.39. The molecule has 0 saturated carbocycles. The van der Waals surface area contributed by atoms with Crippen molar-refractivity contribution in [3.8, 4) is 11.5 Å². The number of likely N-dealkylation sites (N-methyl/N-ethyl adjacent to an activating group) is 1. The molecule has 1 fully saturated rings. The van der Waals surface area contributed by atoms with E-state index in [0.717, 1.165) is 35.2 Å². The van der Waals surface area contributed by atoms with Gasteiger partial charge in [0.1, 0.15) is 13.2 Å². The summed E-state index contributed by atoms with van der Waals surface area (Å²) >= 11 is 0. The Morgan fingerprint density at radius 1 is 1.17 bits per heavy atom. The number of phenolic OH excluding ortho intramolecular Hbond substituents is 2. The SMILES string of the molecule is COC(=O)c1ccc(O)c(O)c1.C[N+](C)(C)CCOC(=O)CCCCC1CCSS1. The summed E-state index contributed by atoms with van der Waals surface area (Å²) < 4.78 is 10.5. The van der Waals surface area contributed by atoms with Gasteiger partial charge in [-0.15, -0.1) is 0 Å². The van der Waals surface area contributed by atoms with Crippen LogP contribution in [0, 0.1) is 0 Å². The molecule has 2 rings (SSSR count). The lowest BCUT2D eigenvalue weighted by Gasteiger charge is -2.23. The summed E-state index contributed by atoms with van der Waals surface area (Å²) in [6.07, 6.45) is 5.31. The number of carbonyl (C=O) groups is 2. The molecule has 1 heterocycles. The summed E-state index contributed by atoms with van der Waals surface area (Å²) in [4.78, 5) is 22.3. The average Bonchev–Trinajstić information content (AvgIpc) is 3.20. The van der Waals surface area contributed by atoms with Gasteiger partial charge < -0.3 is 24.2 Å². The molecular formula is C21H34NO6S2+. The Balaban J connectivity index is 0.000000325. The number of benzene rings is 1. The third-order valence-electron chi connectivity index (χ3n) is 4.31. The molecule has 1 aliphatic heterocycles. The lowest BCUT2D eigenvalue weighted by Crippen LogP contribution is -2.38. The van der Waals surface area contributed by atoms with Crippen molar-refractivity contribution < 1.29 is 33.8 Å². The average molecular weight is 461 g/mol. The number of quaternary nitrogens is 1. The van der Waals surface area contributed by atoms with Crippen LogP contribution in [0.5, 0.6) is 11.5 Å². The largest absolute Gasteiger partial charge is 0.504 e. The van der Waals surface area contributed by atoms with Crippen LogP contribution in [0.15, 0.2) is 18.2 Å². The number of unbranched alkanes of at least 4 members (excludes halogenated alkanes) is 1. The summed E-state index contributed by atoms with van der Waals surface area (Å²) in [6, 6.07) is 3.73. The van der Waals surface area contributed by atoms with Gasteiger partial charge >= 0.3 is 11.9 Å². The molecule has 1 atom stereocenters. The zero-order valence-electron chi connectivity index (χ0n) is 18.3. The number of hydrogen-bond acceptors (Lipinski definition) is 8. The fraction of sp³-hybridized carbons (Fsp3) is 0.619. The second-order valence-electron chi connectivity index (χ2n) is 8.00. The van der Waals surface area contributed by atoms with E-state index in [9.17, 15) is 9.59 Å². The maximum absolute atomic E-state index is 11.5. The van der Waals surface area contributed by atoms with Gasteiger partial charge in [-0.1, -0.05) is 28.0 Å². The highest BCUT2D eigenvalue weighted by Gasteiger charge is 2.16. The predicted octanol–water partition coefficient (Wildman–Crippen LogP) is 3.83. The summed E-state index contributed by atoms with van der Waals surface area (Å²) in [6.45, 7) is 1.42. The van der Waals surface area contributed by atoms with Crippen molar-refractivity contribution in [1.29, 1.82) is 0 Å². The van der Waals surface area contributed by atoms with Gasteiger partial charge in [0.15, 0.2) is 11.5 Å². The molecule has 9 heteroatoms. The van der Waals surface area contributed by atoms with E-state index >= 15 is 0 Å². The Morgan fingerprint density at radius 2 is 1.90 bits per heavy atom. The first-order valence-electron chi connectivity index (χ1n) is 9.97. The van der Waals surface area contributed by atoms with Gasteiger partial charge in [0, 0.05) is 17.4 Å². The number of carbonyl (C=O) groups excluding carboxylic acids is 2. The fourth-order valence-electron chi connectivity index (χ4n) is 2.48. The summed E-state index contributed by atoms with van der Waals surface area (Å²) in [5, 5.41) is 18.7. The zero-order valence-corrected chi connectivity index (χ0v) is 19.9. The highest BCUT2D eigenvalue weighted by atomic mass is 33.1. The van der Waals surface area contributed by atoms with Crippen molar-refractivity contribution in [3.63, 3.8) is 0 Å². The molecule has 30 heavy (non-hydrogen) atoms. The fourth-order valence-corrected chi connectivity index (χ4v) is 5.51. The van der Waals surface area contributed by atoms with Crippen molar-refractivity contribution in [3.05, 3.63) is 23.8 Å². The third-order valence-corrected chi connectivity index (χ3v) is 7.31. The molecule has 1 aromatic rings. The maximum Gasteiger partial charge on any atom is 0.337 e. The first-order chi connectivity index (χ1) is 14.1. The Labute approximate surface area is 187 Å². The molecule has 0 radical (unpaired) electrons. The molecule has 0 spiro atoms. The Kier molecular flexibility index (Phi) is 12.1. The number of hydrogen-bond donors (Lipinski definition) is 2. The van der Waals surface area contributed by atoms with Crippen LogP contribution in [-0.4, -0.2) is 79.0 Å². The van der Waals surface area contributed by atoms with Gasteiger partial charge in [-0.2, -0.15) is 0 Å². The van der Waals surface area contributed by atoms with E-state index < -0.39 is 5.97 Å². The number of methoxy groups -OCH3 is 1. The van der Waals surface area contributed by atoms with Crippen LogP contribution in [0.4, 0.5) is 0 Å². The molecule has 1 saturated heterocycles. The summed E-state index contributed by atoms with van der Waals surface area (Å²) in [5.41, 5.74) is 0.202. The molecule has 1 aromatic carbocycles. The van der Waals surface area contributed by atoms with Crippen LogP contribution in [0.1, 0.15) is 42.5 Å². The zero-order chi connectivity index (χ0) is 22.6. The molecule has 2 N–H and O–H groups in total. The third kappa shape index (κ3) is 11.6. The van der Waals surface area contributed by atoms with E-state index in [1.54, 1.807) is 0 Å². The molecule has 170 valence electrons. The normalized spacial score (nSPS) is 15.8. The molecule has 0 bridgehead atoms. The molecule has 1 aliphatic rings. The molecule has 1 unspecified atom stereocenters.